The van der Waals surface area contributed by atoms with E-state index in [0.717, 1.165) is 12.3 Å². The van der Waals surface area contributed by atoms with Crippen LogP contribution in [0.1, 0.15) is 23.7 Å². The molecule has 0 aliphatic carbocycles. The Morgan fingerprint density at radius 2 is 2.05 bits per heavy atom. The first kappa shape index (κ1) is 15.8. The Hall–Kier alpha value is -1.28. The first-order valence-corrected chi connectivity index (χ1v) is 7.99. The molecule has 1 aromatic carbocycles. The number of nitro groups is 1. The SMILES string of the molecule is CC[C@](Br)(C(=O)c1cccc([N+](=O)[O-])c1)S(C)(=O)=O. The van der Waals surface area contributed by atoms with Gasteiger partial charge in [-0.1, -0.05) is 35.0 Å². The molecule has 1 atom stereocenters. The van der Waals surface area contributed by atoms with E-state index in [2.05, 4.69) is 15.9 Å². The number of hydrogen-bond acceptors (Lipinski definition) is 5. The molecule has 0 saturated heterocycles. The Balaban J connectivity index is 3.34. The first-order valence-electron chi connectivity index (χ1n) is 5.31. The van der Waals surface area contributed by atoms with Gasteiger partial charge in [-0.05, 0) is 6.42 Å². The Labute approximate surface area is 119 Å². The van der Waals surface area contributed by atoms with E-state index in [-0.39, 0.29) is 17.7 Å². The van der Waals surface area contributed by atoms with E-state index in [1.807, 2.05) is 0 Å². The van der Waals surface area contributed by atoms with Gasteiger partial charge in [-0.25, -0.2) is 8.42 Å². The van der Waals surface area contributed by atoms with Crippen LogP contribution in [-0.2, 0) is 9.84 Å². The maximum atomic E-state index is 12.3. The number of nitrogens with zero attached hydrogens (tertiary/aromatic N) is 1. The summed E-state index contributed by atoms with van der Waals surface area (Å²) in [6.07, 6.45) is 0.966. The summed E-state index contributed by atoms with van der Waals surface area (Å²) < 4.78 is 21.7. The molecule has 0 aromatic heterocycles. The number of Topliss-reactive ketones (excluding diaryl/α,β-unsaturated/α-hetero) is 1. The summed E-state index contributed by atoms with van der Waals surface area (Å²) in [6.45, 7) is 1.55. The lowest BCUT2D eigenvalue weighted by Crippen LogP contribution is -2.39. The molecule has 0 heterocycles. The maximum Gasteiger partial charge on any atom is 0.270 e. The van der Waals surface area contributed by atoms with Crippen LogP contribution in [0.3, 0.4) is 0 Å². The number of benzene rings is 1. The number of alkyl halides is 1. The van der Waals surface area contributed by atoms with E-state index in [1.165, 1.54) is 18.2 Å². The van der Waals surface area contributed by atoms with Gasteiger partial charge in [0.1, 0.15) is 0 Å². The molecule has 0 fully saturated rings. The van der Waals surface area contributed by atoms with Crippen molar-refractivity contribution in [2.45, 2.75) is 17.0 Å². The van der Waals surface area contributed by atoms with Crippen LogP contribution in [0.4, 0.5) is 5.69 Å². The average Bonchev–Trinajstić information content (AvgIpc) is 2.35. The van der Waals surface area contributed by atoms with Crippen LogP contribution in [0.15, 0.2) is 24.3 Å². The second-order valence-electron chi connectivity index (χ2n) is 3.99. The quantitative estimate of drug-likeness (QED) is 0.352. The molecule has 0 radical (unpaired) electrons. The summed E-state index contributed by atoms with van der Waals surface area (Å²) in [4.78, 5) is 22.3. The second-order valence-corrected chi connectivity index (χ2v) is 8.11. The van der Waals surface area contributed by atoms with E-state index in [0.29, 0.717) is 0 Å². The van der Waals surface area contributed by atoms with Gasteiger partial charge in [0.25, 0.3) is 5.69 Å². The van der Waals surface area contributed by atoms with Gasteiger partial charge in [-0.2, -0.15) is 0 Å². The van der Waals surface area contributed by atoms with Crippen molar-refractivity contribution in [3.8, 4) is 0 Å². The van der Waals surface area contributed by atoms with Gasteiger partial charge >= 0.3 is 0 Å². The number of rotatable bonds is 5. The van der Waals surface area contributed by atoms with Gasteiger partial charge in [0, 0.05) is 24.0 Å². The van der Waals surface area contributed by atoms with Crippen LogP contribution in [0.5, 0.6) is 0 Å². The van der Waals surface area contributed by atoms with Crippen LogP contribution in [0.2, 0.25) is 0 Å². The lowest BCUT2D eigenvalue weighted by Gasteiger charge is -2.22. The molecule has 0 aliphatic rings. The highest BCUT2D eigenvalue weighted by Gasteiger charge is 2.44. The molecular formula is C11H12BrNO5S. The summed E-state index contributed by atoms with van der Waals surface area (Å²) in [6, 6.07) is 5.00. The Kier molecular flexibility index (Phi) is 4.46. The predicted octanol–water partition coefficient (Wildman–Crippen LogP) is 2.32. The molecule has 0 N–H and O–H groups in total. The highest BCUT2D eigenvalue weighted by atomic mass is 79.9. The molecule has 6 nitrogen and oxygen atoms in total. The molecule has 1 rings (SSSR count). The van der Waals surface area contributed by atoms with Gasteiger partial charge in [0.05, 0.1) is 4.92 Å². The Morgan fingerprint density at radius 1 is 1.47 bits per heavy atom. The summed E-state index contributed by atoms with van der Waals surface area (Å²) in [5.41, 5.74) is -0.274. The Bertz CT molecular complexity index is 628. The number of ketones is 1. The third-order valence-corrected chi connectivity index (χ3v) is 7.04. The van der Waals surface area contributed by atoms with Gasteiger partial charge in [-0.15, -0.1) is 0 Å². The normalized spacial score (nSPS) is 14.7. The number of non-ortho nitro benzene ring substituents is 1. The van der Waals surface area contributed by atoms with Crippen molar-refractivity contribution >= 4 is 37.2 Å². The average molecular weight is 350 g/mol. The Morgan fingerprint density at radius 3 is 2.47 bits per heavy atom. The van der Waals surface area contributed by atoms with Crippen molar-refractivity contribution < 1.29 is 18.1 Å². The number of carbonyl (C=O) groups excluding carboxylic acids is 1. The van der Waals surface area contributed by atoms with Gasteiger partial charge in [0.2, 0.25) is 0 Å². The number of halogens is 1. The van der Waals surface area contributed by atoms with Gasteiger partial charge < -0.3 is 0 Å². The zero-order valence-electron chi connectivity index (χ0n) is 10.3. The predicted molar refractivity (Wildman–Crippen MR) is 74.2 cm³/mol. The lowest BCUT2D eigenvalue weighted by molar-refractivity contribution is -0.384. The fraction of sp³-hybridized carbons (Fsp3) is 0.364. The van der Waals surface area contributed by atoms with E-state index in [1.54, 1.807) is 6.92 Å². The van der Waals surface area contributed by atoms with Gasteiger partial charge in [-0.3, -0.25) is 14.9 Å². The maximum absolute atomic E-state index is 12.3. The van der Waals surface area contributed by atoms with E-state index in [9.17, 15) is 23.3 Å². The largest absolute Gasteiger partial charge is 0.291 e. The monoisotopic (exact) mass is 349 g/mol. The molecule has 0 spiro atoms. The van der Waals surface area contributed by atoms with Crippen LogP contribution >= 0.6 is 15.9 Å². The zero-order chi connectivity index (χ0) is 14.8. The summed E-state index contributed by atoms with van der Waals surface area (Å²) >= 11 is 2.96. The van der Waals surface area contributed by atoms with Gasteiger partial charge in [0.15, 0.2) is 19.3 Å². The minimum atomic E-state index is -3.70. The van der Waals surface area contributed by atoms with Crippen molar-refractivity contribution in [2.75, 3.05) is 6.26 Å². The molecule has 0 amide bonds. The molecule has 104 valence electrons. The molecule has 8 heteroatoms. The summed E-state index contributed by atoms with van der Waals surface area (Å²) in [5.74, 6) is -0.707. The minimum absolute atomic E-state index is 0.0154. The smallest absolute Gasteiger partial charge is 0.270 e. The topological polar surface area (TPSA) is 94.3 Å². The second kappa shape index (κ2) is 5.38. The highest BCUT2D eigenvalue weighted by molar-refractivity contribution is 9.12. The number of carbonyl (C=O) groups is 1. The van der Waals surface area contributed by atoms with Crippen LogP contribution in [-0.4, -0.2) is 29.0 Å². The van der Waals surface area contributed by atoms with Crippen LogP contribution in [0, 0.1) is 10.1 Å². The molecule has 0 bridgehead atoms. The molecule has 1 aromatic rings. The third kappa shape index (κ3) is 3.01. The number of nitro benzene ring substituents is 1. The van der Waals surface area contributed by atoms with Crippen molar-refractivity contribution in [3.05, 3.63) is 39.9 Å². The fourth-order valence-electron chi connectivity index (χ4n) is 1.57. The van der Waals surface area contributed by atoms with E-state index >= 15 is 0 Å². The molecule has 19 heavy (non-hydrogen) atoms. The fourth-order valence-corrected chi connectivity index (χ4v) is 2.78. The molecule has 0 unspecified atom stereocenters. The van der Waals surface area contributed by atoms with Crippen molar-refractivity contribution in [3.63, 3.8) is 0 Å². The number of sulfone groups is 1. The van der Waals surface area contributed by atoms with Crippen LogP contribution < -0.4 is 0 Å². The van der Waals surface area contributed by atoms with E-state index in [4.69, 9.17) is 0 Å². The first-order chi connectivity index (χ1) is 8.63. The summed E-state index contributed by atoms with van der Waals surface area (Å²) in [5, 5.41) is 10.7. The van der Waals surface area contributed by atoms with Crippen molar-refractivity contribution in [1.82, 2.24) is 0 Å². The molecule has 0 saturated carbocycles. The number of hydrogen-bond donors (Lipinski definition) is 0. The molecular weight excluding hydrogens is 338 g/mol. The lowest BCUT2D eigenvalue weighted by atomic mass is 10.1. The molecule has 0 aliphatic heterocycles. The van der Waals surface area contributed by atoms with Crippen LogP contribution in [0.25, 0.3) is 0 Å². The third-order valence-electron chi connectivity index (χ3n) is 2.70. The highest BCUT2D eigenvalue weighted by Crippen LogP contribution is 2.33. The van der Waals surface area contributed by atoms with Crippen molar-refractivity contribution in [2.24, 2.45) is 0 Å². The van der Waals surface area contributed by atoms with Crippen molar-refractivity contribution in [1.29, 1.82) is 0 Å². The standard InChI is InChI=1S/C11H12BrNO5S/c1-3-11(12,19(2,17)18)10(14)8-5-4-6-9(7-8)13(15)16/h4-7H,3H2,1-2H3/t11-/m1/s1. The minimum Gasteiger partial charge on any atom is -0.291 e. The van der Waals surface area contributed by atoms with E-state index < -0.39 is 24.2 Å². The summed E-state index contributed by atoms with van der Waals surface area (Å²) in [7, 11) is -3.70. The zero-order valence-corrected chi connectivity index (χ0v) is 12.7.